The fourth-order valence-corrected chi connectivity index (χ4v) is 2.52. The average Bonchev–Trinajstić information content (AvgIpc) is 2.87. The molecule has 0 unspecified atom stereocenters. The van der Waals surface area contributed by atoms with E-state index in [1.54, 1.807) is 11.3 Å². The van der Waals surface area contributed by atoms with Crippen LogP contribution in [-0.4, -0.2) is 10.9 Å². The number of nitrogens with zero attached hydrogens (tertiary/aromatic N) is 1. The van der Waals surface area contributed by atoms with Crippen LogP contribution in [0.4, 0.5) is 4.39 Å². The predicted molar refractivity (Wildman–Crippen MR) is 76.3 cm³/mol. The van der Waals surface area contributed by atoms with Gasteiger partial charge in [-0.1, -0.05) is 6.92 Å². The summed E-state index contributed by atoms with van der Waals surface area (Å²) in [5, 5.41) is 3.61. The molecule has 0 atom stereocenters. The van der Waals surface area contributed by atoms with Gasteiger partial charge in [0, 0.05) is 21.5 Å². The van der Waals surface area contributed by atoms with Crippen molar-refractivity contribution in [2.45, 2.75) is 24.8 Å². The first-order valence-electron chi connectivity index (χ1n) is 5.80. The van der Waals surface area contributed by atoms with Crippen molar-refractivity contribution in [1.82, 2.24) is 10.3 Å². The predicted octanol–water partition coefficient (Wildman–Crippen LogP) is 3.06. The van der Waals surface area contributed by atoms with E-state index in [9.17, 15) is 9.18 Å². The van der Waals surface area contributed by atoms with E-state index < -0.39 is 5.82 Å². The number of benzene rings is 1. The molecule has 0 radical (unpaired) electrons. The normalized spacial score (nSPS) is 10.5. The van der Waals surface area contributed by atoms with Gasteiger partial charge in [-0.25, -0.2) is 9.37 Å². The van der Waals surface area contributed by atoms with Crippen molar-refractivity contribution in [3.8, 4) is 0 Å². The van der Waals surface area contributed by atoms with Crippen molar-refractivity contribution in [2.75, 3.05) is 0 Å². The molecule has 0 saturated carbocycles. The minimum atomic E-state index is -0.438. The molecule has 1 amide bonds. The zero-order valence-corrected chi connectivity index (χ0v) is 12.0. The molecule has 0 aliphatic rings. The van der Waals surface area contributed by atoms with Gasteiger partial charge in [0.15, 0.2) is 0 Å². The van der Waals surface area contributed by atoms with Crippen molar-refractivity contribution in [3.05, 3.63) is 45.7 Å². The third-order valence-electron chi connectivity index (χ3n) is 2.56. The largest absolute Gasteiger partial charge is 0.346 e. The standard InChI is InChI=1S/C13H13FN2OS2/c1-2-9-6-15-12(19-9)7-16-13(17)8-3-4-10(14)11(18)5-8/h3-6,18H,2,7H2,1H3,(H,16,17). The smallest absolute Gasteiger partial charge is 0.251 e. The summed E-state index contributed by atoms with van der Waals surface area (Å²) in [4.78, 5) is 17.4. The maximum Gasteiger partial charge on any atom is 0.251 e. The van der Waals surface area contributed by atoms with E-state index in [0.29, 0.717) is 12.1 Å². The molecule has 0 saturated heterocycles. The first-order chi connectivity index (χ1) is 9.10. The first kappa shape index (κ1) is 14.0. The van der Waals surface area contributed by atoms with Crippen molar-refractivity contribution in [3.63, 3.8) is 0 Å². The Morgan fingerprint density at radius 3 is 2.95 bits per heavy atom. The summed E-state index contributed by atoms with van der Waals surface area (Å²) >= 11 is 5.53. The van der Waals surface area contributed by atoms with Gasteiger partial charge in [-0.05, 0) is 24.6 Å². The Bertz CT molecular complexity index is 598. The van der Waals surface area contributed by atoms with E-state index in [-0.39, 0.29) is 10.8 Å². The number of aryl methyl sites for hydroxylation is 1. The van der Waals surface area contributed by atoms with Crippen LogP contribution in [0.5, 0.6) is 0 Å². The van der Waals surface area contributed by atoms with Crippen LogP contribution in [0.15, 0.2) is 29.3 Å². The van der Waals surface area contributed by atoms with Crippen LogP contribution in [0.3, 0.4) is 0 Å². The van der Waals surface area contributed by atoms with Crippen molar-refractivity contribution < 1.29 is 9.18 Å². The number of aromatic nitrogens is 1. The molecule has 19 heavy (non-hydrogen) atoms. The Balaban J connectivity index is 1.99. The van der Waals surface area contributed by atoms with Gasteiger partial charge in [0.1, 0.15) is 10.8 Å². The SMILES string of the molecule is CCc1cnc(CNC(=O)c2ccc(F)c(S)c2)s1. The monoisotopic (exact) mass is 296 g/mol. The first-order valence-corrected chi connectivity index (χ1v) is 7.06. The fraction of sp³-hybridized carbons (Fsp3) is 0.231. The molecule has 1 N–H and O–H groups in total. The molecule has 0 fully saturated rings. The van der Waals surface area contributed by atoms with E-state index in [2.05, 4.69) is 29.9 Å². The lowest BCUT2D eigenvalue weighted by molar-refractivity contribution is 0.0950. The molecule has 1 heterocycles. The Hall–Kier alpha value is -1.40. The molecule has 0 spiro atoms. The Labute approximate surface area is 120 Å². The van der Waals surface area contributed by atoms with E-state index in [1.165, 1.54) is 23.1 Å². The van der Waals surface area contributed by atoms with E-state index in [4.69, 9.17) is 0 Å². The lowest BCUT2D eigenvalue weighted by Crippen LogP contribution is -2.22. The quantitative estimate of drug-likeness (QED) is 0.852. The average molecular weight is 296 g/mol. The lowest BCUT2D eigenvalue weighted by atomic mass is 10.2. The van der Waals surface area contributed by atoms with E-state index in [0.717, 1.165) is 11.4 Å². The lowest BCUT2D eigenvalue weighted by Gasteiger charge is -2.04. The second-order valence-corrected chi connectivity index (χ2v) is 5.60. The Morgan fingerprint density at radius 1 is 1.53 bits per heavy atom. The highest BCUT2D eigenvalue weighted by Crippen LogP contribution is 2.15. The van der Waals surface area contributed by atoms with Crippen LogP contribution < -0.4 is 5.32 Å². The van der Waals surface area contributed by atoms with Crippen molar-refractivity contribution >= 4 is 29.9 Å². The topological polar surface area (TPSA) is 42.0 Å². The Morgan fingerprint density at radius 2 is 2.32 bits per heavy atom. The van der Waals surface area contributed by atoms with E-state index >= 15 is 0 Å². The van der Waals surface area contributed by atoms with Crippen LogP contribution in [0, 0.1) is 5.82 Å². The summed E-state index contributed by atoms with van der Waals surface area (Å²) < 4.78 is 13.0. The molecular formula is C13H13FN2OS2. The summed E-state index contributed by atoms with van der Waals surface area (Å²) in [5.41, 5.74) is 0.388. The van der Waals surface area contributed by atoms with Gasteiger partial charge in [0.25, 0.3) is 5.91 Å². The number of hydrogen-bond acceptors (Lipinski definition) is 4. The maximum absolute atomic E-state index is 13.0. The molecular weight excluding hydrogens is 283 g/mol. The molecule has 100 valence electrons. The highest BCUT2D eigenvalue weighted by Gasteiger charge is 2.09. The van der Waals surface area contributed by atoms with Crippen molar-refractivity contribution in [2.24, 2.45) is 0 Å². The third kappa shape index (κ3) is 3.54. The fourth-order valence-electron chi connectivity index (χ4n) is 1.51. The number of carbonyl (C=O) groups excluding carboxylic acids is 1. The van der Waals surface area contributed by atoms with Crippen LogP contribution in [0.2, 0.25) is 0 Å². The minimum Gasteiger partial charge on any atom is -0.346 e. The molecule has 0 aliphatic heterocycles. The van der Waals surface area contributed by atoms with Gasteiger partial charge in [-0.2, -0.15) is 0 Å². The van der Waals surface area contributed by atoms with Crippen LogP contribution in [0.1, 0.15) is 27.2 Å². The summed E-state index contributed by atoms with van der Waals surface area (Å²) in [6, 6.07) is 4.08. The number of amides is 1. The molecule has 6 heteroatoms. The molecule has 0 aliphatic carbocycles. The number of thiazole rings is 1. The summed E-state index contributed by atoms with van der Waals surface area (Å²) in [5.74, 6) is -0.698. The van der Waals surface area contributed by atoms with Gasteiger partial charge in [-0.3, -0.25) is 4.79 Å². The van der Waals surface area contributed by atoms with E-state index in [1.807, 2.05) is 6.20 Å². The van der Waals surface area contributed by atoms with Gasteiger partial charge in [-0.15, -0.1) is 24.0 Å². The van der Waals surface area contributed by atoms with Gasteiger partial charge in [0.05, 0.1) is 6.54 Å². The van der Waals surface area contributed by atoms with Gasteiger partial charge in [0.2, 0.25) is 0 Å². The molecule has 3 nitrogen and oxygen atoms in total. The number of hydrogen-bond donors (Lipinski definition) is 2. The zero-order valence-electron chi connectivity index (χ0n) is 10.3. The Kier molecular flexibility index (Phi) is 4.55. The highest BCUT2D eigenvalue weighted by atomic mass is 32.1. The molecule has 1 aromatic carbocycles. The molecule has 1 aromatic heterocycles. The van der Waals surface area contributed by atoms with Crippen LogP contribution in [-0.2, 0) is 13.0 Å². The molecule has 2 aromatic rings. The molecule has 2 rings (SSSR count). The van der Waals surface area contributed by atoms with Gasteiger partial charge < -0.3 is 5.32 Å². The number of nitrogens with one attached hydrogen (secondary N) is 1. The highest BCUT2D eigenvalue weighted by molar-refractivity contribution is 7.80. The summed E-state index contributed by atoms with van der Waals surface area (Å²) in [6.07, 6.45) is 2.75. The number of thiol groups is 1. The third-order valence-corrected chi connectivity index (χ3v) is 4.04. The number of halogens is 1. The van der Waals surface area contributed by atoms with Gasteiger partial charge >= 0.3 is 0 Å². The second kappa shape index (κ2) is 6.16. The van der Waals surface area contributed by atoms with Crippen LogP contribution in [0.25, 0.3) is 0 Å². The summed E-state index contributed by atoms with van der Waals surface area (Å²) in [6.45, 7) is 2.44. The minimum absolute atomic E-state index is 0.162. The van der Waals surface area contributed by atoms with Crippen LogP contribution >= 0.6 is 24.0 Å². The zero-order chi connectivity index (χ0) is 13.8. The molecule has 0 bridgehead atoms. The number of rotatable bonds is 4. The second-order valence-electron chi connectivity index (χ2n) is 3.92. The maximum atomic E-state index is 13.0. The summed E-state index contributed by atoms with van der Waals surface area (Å²) in [7, 11) is 0. The van der Waals surface area contributed by atoms with Crippen molar-refractivity contribution in [1.29, 1.82) is 0 Å². The number of carbonyl (C=O) groups is 1.